The number of aryl methyl sites for hydroxylation is 1. The summed E-state index contributed by atoms with van der Waals surface area (Å²) in [6.45, 7) is 1.96. The van der Waals surface area contributed by atoms with Gasteiger partial charge in [-0.1, -0.05) is 0 Å². The molecular weight excluding hydrogens is 324 g/mol. The number of fused-ring (bicyclic) bond motifs is 1. The van der Waals surface area contributed by atoms with Crippen LogP contribution in [0, 0.1) is 5.92 Å². The zero-order chi connectivity index (χ0) is 17.4. The molecule has 4 rings (SSSR count). The zero-order valence-corrected chi connectivity index (χ0v) is 14.0. The summed E-state index contributed by atoms with van der Waals surface area (Å²) < 4.78 is 12.6. The van der Waals surface area contributed by atoms with Crippen molar-refractivity contribution in [1.82, 2.24) is 19.7 Å². The normalized spacial score (nSPS) is 22.2. The summed E-state index contributed by atoms with van der Waals surface area (Å²) in [4.78, 5) is 18.9. The zero-order valence-electron chi connectivity index (χ0n) is 14.0. The van der Waals surface area contributed by atoms with Gasteiger partial charge in [0.15, 0.2) is 5.75 Å². The molecule has 0 radical (unpaired) electrons. The molecule has 1 fully saturated rings. The highest BCUT2D eigenvalue weighted by atomic mass is 16.6. The fourth-order valence-electron chi connectivity index (χ4n) is 3.44. The predicted molar refractivity (Wildman–Crippen MR) is 87.7 cm³/mol. The van der Waals surface area contributed by atoms with E-state index in [-0.39, 0.29) is 24.3 Å². The van der Waals surface area contributed by atoms with Crippen LogP contribution >= 0.6 is 0 Å². The van der Waals surface area contributed by atoms with Gasteiger partial charge < -0.3 is 19.5 Å². The number of pyridine rings is 1. The monoisotopic (exact) mass is 344 g/mol. The van der Waals surface area contributed by atoms with Crippen molar-refractivity contribution < 1.29 is 19.4 Å². The van der Waals surface area contributed by atoms with Crippen LogP contribution in [0.1, 0.15) is 22.0 Å². The second-order valence-electron chi connectivity index (χ2n) is 6.40. The molecule has 2 aliphatic rings. The van der Waals surface area contributed by atoms with Crippen LogP contribution < -0.4 is 9.47 Å². The lowest BCUT2D eigenvalue weighted by Gasteiger charge is -2.19. The number of ether oxygens (including phenoxy) is 2. The molecule has 0 unspecified atom stereocenters. The smallest absolute Gasteiger partial charge is 0.272 e. The Morgan fingerprint density at radius 2 is 2.16 bits per heavy atom. The van der Waals surface area contributed by atoms with Crippen molar-refractivity contribution in [2.24, 2.45) is 13.0 Å². The van der Waals surface area contributed by atoms with Gasteiger partial charge in [0.25, 0.3) is 11.8 Å². The Morgan fingerprint density at radius 1 is 1.32 bits per heavy atom. The molecule has 0 bridgehead atoms. The first-order chi connectivity index (χ1) is 12.2. The summed E-state index contributed by atoms with van der Waals surface area (Å²) in [5.41, 5.74) is 1.36. The molecule has 1 amide bonds. The highest BCUT2D eigenvalue weighted by molar-refractivity contribution is 5.93. The van der Waals surface area contributed by atoms with Crippen molar-refractivity contribution in [3.8, 4) is 11.6 Å². The second kappa shape index (κ2) is 6.36. The van der Waals surface area contributed by atoms with Gasteiger partial charge in [-0.15, -0.1) is 0 Å². The number of rotatable bonds is 3. The molecule has 132 valence electrons. The summed E-state index contributed by atoms with van der Waals surface area (Å²) >= 11 is 0. The average molecular weight is 344 g/mol. The number of hydrogen-bond acceptors (Lipinski definition) is 6. The Hall–Kier alpha value is -2.61. The lowest BCUT2D eigenvalue weighted by molar-refractivity contribution is 0.0772. The summed E-state index contributed by atoms with van der Waals surface area (Å²) in [7, 11) is 1.86. The maximum Gasteiger partial charge on any atom is 0.272 e. The molecule has 8 nitrogen and oxygen atoms in total. The van der Waals surface area contributed by atoms with Gasteiger partial charge in [-0.2, -0.15) is 5.10 Å². The number of aliphatic hydroxyl groups is 1. The number of amides is 1. The number of aliphatic hydroxyl groups excluding tert-OH is 1. The van der Waals surface area contributed by atoms with Crippen LogP contribution in [-0.4, -0.2) is 63.6 Å². The topological polar surface area (TPSA) is 89.7 Å². The minimum Gasteiger partial charge on any atom is -0.484 e. The van der Waals surface area contributed by atoms with Gasteiger partial charge in [0.05, 0.1) is 6.20 Å². The molecule has 0 spiro atoms. The van der Waals surface area contributed by atoms with E-state index in [4.69, 9.17) is 9.47 Å². The van der Waals surface area contributed by atoms with Gasteiger partial charge in [-0.25, -0.2) is 4.98 Å². The van der Waals surface area contributed by atoms with Gasteiger partial charge in [0, 0.05) is 44.8 Å². The fraction of sp³-hybridized carbons (Fsp3) is 0.471. The van der Waals surface area contributed by atoms with E-state index in [1.807, 2.05) is 13.2 Å². The molecule has 25 heavy (non-hydrogen) atoms. The summed E-state index contributed by atoms with van der Waals surface area (Å²) in [5, 5.41) is 13.9. The van der Waals surface area contributed by atoms with Crippen LogP contribution in [-0.2, 0) is 7.05 Å². The number of nitrogens with zero attached hydrogens (tertiary/aromatic N) is 4. The Bertz CT molecular complexity index is 791. The van der Waals surface area contributed by atoms with Crippen LogP contribution in [0.3, 0.4) is 0 Å². The first-order valence-electron chi connectivity index (χ1n) is 8.31. The Balaban J connectivity index is 1.54. The number of likely N-dealkylation sites (tertiary alicyclic amines) is 1. The minimum absolute atomic E-state index is 0.00893. The van der Waals surface area contributed by atoms with Crippen molar-refractivity contribution in [1.29, 1.82) is 0 Å². The fourth-order valence-corrected chi connectivity index (χ4v) is 3.44. The van der Waals surface area contributed by atoms with Crippen LogP contribution in [0.5, 0.6) is 11.6 Å². The largest absolute Gasteiger partial charge is 0.484 e. The standard InChI is InChI=1S/C17H20N4O4/c1-20-7-11(6-18-20)13-9-21(8-12(13)10-22)17(23)14-2-3-15-16(19-14)25-5-4-24-15/h2-3,6-7,12-13,22H,4-5,8-10H2,1H3/t12-,13-/m0/s1. The number of hydrogen-bond donors (Lipinski definition) is 1. The quantitative estimate of drug-likeness (QED) is 0.869. The molecule has 2 aromatic rings. The SMILES string of the molecule is Cn1cc([C@@H]2CN(C(=O)c3ccc4c(n3)OCCO4)C[C@H]2CO)cn1. The van der Waals surface area contributed by atoms with Gasteiger partial charge in [0.1, 0.15) is 18.9 Å². The summed E-state index contributed by atoms with van der Waals surface area (Å²) in [5.74, 6) is 0.816. The molecule has 0 saturated carbocycles. The van der Waals surface area contributed by atoms with E-state index in [1.54, 1.807) is 27.9 Å². The molecular formula is C17H20N4O4. The van der Waals surface area contributed by atoms with E-state index in [0.29, 0.717) is 43.6 Å². The molecule has 4 heterocycles. The molecule has 1 saturated heterocycles. The van der Waals surface area contributed by atoms with Gasteiger partial charge >= 0.3 is 0 Å². The van der Waals surface area contributed by atoms with E-state index in [0.717, 1.165) is 5.56 Å². The van der Waals surface area contributed by atoms with Crippen molar-refractivity contribution in [2.75, 3.05) is 32.9 Å². The summed E-state index contributed by atoms with van der Waals surface area (Å²) in [6.07, 6.45) is 3.73. The molecule has 8 heteroatoms. The van der Waals surface area contributed by atoms with E-state index in [1.165, 1.54) is 0 Å². The average Bonchev–Trinajstić information content (AvgIpc) is 3.26. The van der Waals surface area contributed by atoms with Crippen molar-refractivity contribution >= 4 is 5.91 Å². The first-order valence-corrected chi connectivity index (χ1v) is 8.31. The molecule has 2 aromatic heterocycles. The first kappa shape index (κ1) is 15.9. The maximum atomic E-state index is 12.8. The molecule has 2 aliphatic heterocycles. The van der Waals surface area contributed by atoms with E-state index in [9.17, 15) is 9.90 Å². The van der Waals surface area contributed by atoms with Crippen LogP contribution in [0.15, 0.2) is 24.5 Å². The number of aromatic nitrogens is 3. The van der Waals surface area contributed by atoms with E-state index in [2.05, 4.69) is 10.1 Å². The Labute approximate surface area is 145 Å². The molecule has 0 aliphatic carbocycles. The molecule has 1 N–H and O–H groups in total. The third-order valence-electron chi connectivity index (χ3n) is 4.74. The van der Waals surface area contributed by atoms with E-state index < -0.39 is 0 Å². The third kappa shape index (κ3) is 2.93. The van der Waals surface area contributed by atoms with Gasteiger partial charge in [-0.05, 0) is 17.7 Å². The van der Waals surface area contributed by atoms with Crippen LogP contribution in [0.4, 0.5) is 0 Å². The van der Waals surface area contributed by atoms with Gasteiger partial charge in [0.2, 0.25) is 0 Å². The predicted octanol–water partition coefficient (Wildman–Crippen LogP) is 0.434. The highest BCUT2D eigenvalue weighted by Crippen LogP contribution is 2.34. The van der Waals surface area contributed by atoms with Crippen LogP contribution in [0.2, 0.25) is 0 Å². The van der Waals surface area contributed by atoms with Crippen molar-refractivity contribution in [3.05, 3.63) is 35.8 Å². The van der Waals surface area contributed by atoms with Crippen LogP contribution in [0.25, 0.3) is 0 Å². The number of carbonyl (C=O) groups is 1. The third-order valence-corrected chi connectivity index (χ3v) is 4.74. The van der Waals surface area contributed by atoms with E-state index >= 15 is 0 Å². The molecule has 2 atom stereocenters. The summed E-state index contributed by atoms with van der Waals surface area (Å²) in [6, 6.07) is 3.37. The van der Waals surface area contributed by atoms with Crippen molar-refractivity contribution in [2.45, 2.75) is 5.92 Å². The number of carbonyl (C=O) groups excluding carboxylic acids is 1. The second-order valence-corrected chi connectivity index (χ2v) is 6.40. The maximum absolute atomic E-state index is 12.8. The van der Waals surface area contributed by atoms with Crippen molar-refractivity contribution in [3.63, 3.8) is 0 Å². The minimum atomic E-state index is -0.165. The Morgan fingerprint density at radius 3 is 2.92 bits per heavy atom. The highest BCUT2D eigenvalue weighted by Gasteiger charge is 2.37. The molecule has 0 aromatic carbocycles. The Kier molecular flexibility index (Phi) is 4.04. The van der Waals surface area contributed by atoms with Gasteiger partial charge in [-0.3, -0.25) is 9.48 Å². The lowest BCUT2D eigenvalue weighted by Crippen LogP contribution is -2.30. The lowest BCUT2D eigenvalue weighted by atomic mass is 9.92.